The first-order valence-electron chi connectivity index (χ1n) is 21.8. The second-order valence-electron chi connectivity index (χ2n) is 17.2. The summed E-state index contributed by atoms with van der Waals surface area (Å²) in [6.07, 6.45) is 0.744. The van der Waals surface area contributed by atoms with Gasteiger partial charge in [-0.1, -0.05) is 97.1 Å². The largest absolute Gasteiger partial charge is 0.491 e. The van der Waals surface area contributed by atoms with Gasteiger partial charge in [-0.25, -0.2) is 19.0 Å². The molecule has 0 aliphatic rings. The molecule has 0 saturated heterocycles. The molecule has 7 aromatic rings. The van der Waals surface area contributed by atoms with Crippen molar-refractivity contribution in [3.63, 3.8) is 0 Å². The summed E-state index contributed by atoms with van der Waals surface area (Å²) in [5.74, 6) is 0.361. The smallest absolute Gasteiger partial charge is 0.419 e. The van der Waals surface area contributed by atoms with Crippen LogP contribution in [0.5, 0.6) is 17.2 Å². The number of nitrogens with zero attached hydrogens (tertiary/aromatic N) is 2. The van der Waals surface area contributed by atoms with Crippen LogP contribution in [0.2, 0.25) is 0 Å². The number of aryl methyl sites for hydroxylation is 1. The van der Waals surface area contributed by atoms with Gasteiger partial charge in [-0.15, -0.1) is 0 Å². The molecule has 0 unspecified atom stereocenters. The molecule has 11 nitrogen and oxygen atoms in total. The SMILES string of the molecule is COC(=O)c1c(-c2ccc(OC(C)C)cc2)c(-c2cn(C(=O)OC(C)(C)C)c3c(OC(c4ccccc4)c4ccccc4)cccc23)c(C(=O)OC)n1CCc1ccc(OC(C)C)cc1. The Morgan fingerprint density at radius 1 is 0.600 bits per heavy atom. The second-order valence-corrected chi connectivity index (χ2v) is 17.2. The quantitative estimate of drug-likeness (QED) is 0.0733. The molecular formula is C54H56N2O9. The van der Waals surface area contributed by atoms with Crippen molar-refractivity contribution in [2.75, 3.05) is 14.2 Å². The number of benzene rings is 5. The van der Waals surface area contributed by atoms with E-state index in [0.29, 0.717) is 51.1 Å². The number of rotatable bonds is 15. The van der Waals surface area contributed by atoms with Crippen LogP contribution in [0.3, 0.4) is 0 Å². The first-order chi connectivity index (χ1) is 31.2. The molecule has 0 bridgehead atoms. The van der Waals surface area contributed by atoms with E-state index in [2.05, 4.69) is 0 Å². The van der Waals surface area contributed by atoms with Gasteiger partial charge in [0.05, 0.1) is 26.4 Å². The summed E-state index contributed by atoms with van der Waals surface area (Å²) in [6.45, 7) is 13.4. The van der Waals surface area contributed by atoms with Crippen molar-refractivity contribution in [3.05, 3.63) is 162 Å². The van der Waals surface area contributed by atoms with Crippen LogP contribution in [0.15, 0.2) is 134 Å². The highest BCUT2D eigenvalue weighted by Crippen LogP contribution is 2.47. The Morgan fingerprint density at radius 2 is 1.12 bits per heavy atom. The molecule has 336 valence electrons. The van der Waals surface area contributed by atoms with Crippen molar-refractivity contribution in [1.82, 2.24) is 9.13 Å². The minimum atomic E-state index is -0.872. The molecule has 65 heavy (non-hydrogen) atoms. The highest BCUT2D eigenvalue weighted by atomic mass is 16.6. The van der Waals surface area contributed by atoms with E-state index in [0.717, 1.165) is 22.4 Å². The van der Waals surface area contributed by atoms with Crippen LogP contribution in [-0.2, 0) is 27.2 Å². The predicted octanol–water partition coefficient (Wildman–Crippen LogP) is 12.1. The van der Waals surface area contributed by atoms with Gasteiger partial charge in [-0.05, 0) is 107 Å². The molecule has 5 aromatic carbocycles. The molecule has 2 aromatic heterocycles. The van der Waals surface area contributed by atoms with Gasteiger partial charge in [-0.3, -0.25) is 0 Å². The highest BCUT2D eigenvalue weighted by molar-refractivity contribution is 6.14. The molecule has 0 aliphatic heterocycles. The zero-order chi connectivity index (χ0) is 46.4. The van der Waals surface area contributed by atoms with Gasteiger partial charge in [0.25, 0.3) is 0 Å². The van der Waals surface area contributed by atoms with Crippen molar-refractivity contribution in [2.45, 2.75) is 85.3 Å². The van der Waals surface area contributed by atoms with Gasteiger partial charge >= 0.3 is 18.0 Å². The summed E-state index contributed by atoms with van der Waals surface area (Å²) in [4.78, 5) is 43.4. The van der Waals surface area contributed by atoms with Gasteiger partial charge in [0.1, 0.15) is 45.9 Å². The second kappa shape index (κ2) is 19.6. The molecule has 11 heteroatoms. The molecule has 7 rings (SSSR count). The Balaban J connectivity index is 1.53. The Kier molecular flexibility index (Phi) is 13.8. The van der Waals surface area contributed by atoms with Crippen LogP contribution in [0.25, 0.3) is 33.2 Å². The van der Waals surface area contributed by atoms with Gasteiger partial charge in [0.15, 0.2) is 0 Å². The van der Waals surface area contributed by atoms with E-state index in [9.17, 15) is 14.4 Å². The first kappa shape index (κ1) is 45.7. The van der Waals surface area contributed by atoms with Gasteiger partial charge < -0.3 is 33.0 Å². The van der Waals surface area contributed by atoms with Crippen molar-refractivity contribution in [3.8, 4) is 39.5 Å². The summed E-state index contributed by atoms with van der Waals surface area (Å²) in [5.41, 5.74) is 4.26. The fourth-order valence-electron chi connectivity index (χ4n) is 7.94. The molecule has 0 radical (unpaired) electrons. The Bertz CT molecular complexity index is 2720. The fourth-order valence-corrected chi connectivity index (χ4v) is 7.94. The number of hydrogen-bond acceptors (Lipinski definition) is 9. The maximum atomic E-state index is 14.5. The van der Waals surface area contributed by atoms with Crippen molar-refractivity contribution in [1.29, 1.82) is 0 Å². The minimum absolute atomic E-state index is 0.00635. The Hall–Kier alpha value is -7.27. The van der Waals surface area contributed by atoms with Crippen LogP contribution in [0, 0.1) is 0 Å². The van der Waals surface area contributed by atoms with Gasteiger partial charge in [-0.2, -0.15) is 0 Å². The third kappa shape index (κ3) is 10.3. The third-order valence-electron chi connectivity index (χ3n) is 10.6. The van der Waals surface area contributed by atoms with Crippen molar-refractivity contribution in [2.24, 2.45) is 0 Å². The van der Waals surface area contributed by atoms with E-state index in [1.807, 2.05) is 155 Å². The minimum Gasteiger partial charge on any atom is -0.491 e. The Labute approximate surface area is 380 Å². The summed E-state index contributed by atoms with van der Waals surface area (Å²) in [5, 5.41) is 0.550. The molecule has 0 spiro atoms. The fraction of sp³-hybridized carbons (Fsp3) is 0.278. The molecule has 0 amide bonds. The van der Waals surface area contributed by atoms with Crippen molar-refractivity contribution < 1.29 is 42.8 Å². The number of hydrogen-bond donors (Lipinski definition) is 0. The highest BCUT2D eigenvalue weighted by Gasteiger charge is 2.36. The average molecular weight is 877 g/mol. The summed E-state index contributed by atoms with van der Waals surface area (Å²) >= 11 is 0. The molecule has 0 fully saturated rings. The van der Waals surface area contributed by atoms with E-state index in [4.69, 9.17) is 28.4 Å². The zero-order valence-corrected chi connectivity index (χ0v) is 38.4. The van der Waals surface area contributed by atoms with E-state index in [1.165, 1.54) is 18.8 Å². The van der Waals surface area contributed by atoms with Crippen LogP contribution < -0.4 is 14.2 Å². The normalized spacial score (nSPS) is 11.6. The first-order valence-corrected chi connectivity index (χ1v) is 21.8. The number of fused-ring (bicyclic) bond motifs is 1. The lowest BCUT2D eigenvalue weighted by Crippen LogP contribution is -2.26. The van der Waals surface area contributed by atoms with Crippen LogP contribution in [-0.4, -0.2) is 59.2 Å². The summed E-state index contributed by atoms with van der Waals surface area (Å²) in [6, 6.07) is 40.2. The van der Waals surface area contributed by atoms with Crippen LogP contribution in [0.1, 0.15) is 92.2 Å². The van der Waals surface area contributed by atoms with Crippen LogP contribution >= 0.6 is 0 Å². The number of carbonyl (C=O) groups excluding carboxylic acids is 3. The molecule has 0 N–H and O–H groups in total. The number of aromatic nitrogens is 2. The monoisotopic (exact) mass is 876 g/mol. The molecule has 0 saturated carbocycles. The maximum Gasteiger partial charge on any atom is 0.419 e. The third-order valence-corrected chi connectivity index (χ3v) is 10.6. The van der Waals surface area contributed by atoms with E-state index in [1.54, 1.807) is 31.5 Å². The molecule has 2 heterocycles. The average Bonchev–Trinajstić information content (AvgIpc) is 3.84. The number of esters is 2. The molecular weight excluding hydrogens is 821 g/mol. The number of ether oxygens (including phenoxy) is 6. The van der Waals surface area contributed by atoms with E-state index in [-0.39, 0.29) is 30.1 Å². The van der Waals surface area contributed by atoms with Crippen molar-refractivity contribution >= 4 is 28.9 Å². The van der Waals surface area contributed by atoms with E-state index >= 15 is 0 Å². The lowest BCUT2D eigenvalue weighted by Gasteiger charge is -2.22. The topological polar surface area (TPSA) is 116 Å². The standard InChI is InChI=1S/C54H56N2O9/c1-34(2)62-40-27-23-36(24-28-40)31-32-55-48(51(57)60-8)45(37-25-29-41(30-26-37)63-35(3)4)46(49(55)52(58)61-9)43-33-56(53(59)65-54(5,6)7)47-42(43)21-16-22-44(47)64-50(38-17-12-10-13-18-38)39-19-14-11-15-20-39/h10-30,33-35,50H,31-32H2,1-9H3. The van der Waals surface area contributed by atoms with Gasteiger partial charge in [0, 0.05) is 34.8 Å². The van der Waals surface area contributed by atoms with Gasteiger partial charge in [0.2, 0.25) is 0 Å². The summed E-state index contributed by atoms with van der Waals surface area (Å²) in [7, 11) is 2.61. The maximum absolute atomic E-state index is 14.5. The van der Waals surface area contributed by atoms with Crippen LogP contribution in [0.4, 0.5) is 4.79 Å². The molecule has 0 aliphatic carbocycles. The number of methoxy groups -OCH3 is 2. The Morgan fingerprint density at radius 3 is 1.63 bits per heavy atom. The predicted molar refractivity (Wildman–Crippen MR) is 252 cm³/mol. The lowest BCUT2D eigenvalue weighted by atomic mass is 9.94. The number of carbonyl (C=O) groups is 3. The number of para-hydroxylation sites is 1. The molecule has 0 atom stereocenters. The summed E-state index contributed by atoms with van der Waals surface area (Å²) < 4.78 is 39.1. The van der Waals surface area contributed by atoms with E-state index < -0.39 is 29.7 Å². The zero-order valence-electron chi connectivity index (χ0n) is 38.4. The lowest BCUT2D eigenvalue weighted by molar-refractivity contribution is 0.0539.